The molecular formula is C18H29N5. The summed E-state index contributed by atoms with van der Waals surface area (Å²) in [6.45, 7) is 13.1. The van der Waals surface area contributed by atoms with Crippen molar-refractivity contribution in [2.75, 3.05) is 18.0 Å². The Morgan fingerprint density at radius 2 is 1.96 bits per heavy atom. The summed E-state index contributed by atoms with van der Waals surface area (Å²) in [7, 11) is 0. The largest absolute Gasteiger partial charge is 0.354 e. The molecule has 2 N–H and O–H groups in total. The molecule has 5 nitrogen and oxygen atoms in total. The van der Waals surface area contributed by atoms with E-state index in [9.17, 15) is 0 Å². The van der Waals surface area contributed by atoms with Gasteiger partial charge >= 0.3 is 0 Å². The Morgan fingerprint density at radius 1 is 1.35 bits per heavy atom. The Hall–Kier alpha value is -2.32. The number of hydrogen-bond donors (Lipinski definition) is 1. The molecule has 1 aliphatic heterocycles. The number of allylic oxidation sites excluding steroid dienone is 1. The Kier molecular flexibility index (Phi) is 10.1. The van der Waals surface area contributed by atoms with Gasteiger partial charge < -0.3 is 10.6 Å². The first-order valence-corrected chi connectivity index (χ1v) is 7.88. The molecule has 0 amide bonds. The molecule has 3 heterocycles. The second kappa shape index (κ2) is 11.3. The number of hydrogen-bond acceptors (Lipinski definition) is 4. The maximum Gasteiger partial charge on any atom is 0.153 e. The molecule has 0 saturated carbocycles. The van der Waals surface area contributed by atoms with E-state index in [1.54, 1.807) is 6.08 Å². The van der Waals surface area contributed by atoms with Crippen molar-refractivity contribution in [1.82, 2.24) is 14.6 Å². The van der Waals surface area contributed by atoms with Crippen LogP contribution in [0.15, 0.2) is 31.0 Å². The zero-order chi connectivity index (χ0) is 17.8. The van der Waals surface area contributed by atoms with E-state index in [-0.39, 0.29) is 6.04 Å². The first-order chi connectivity index (χ1) is 11.2. The lowest BCUT2D eigenvalue weighted by atomic mass is 10.3. The minimum Gasteiger partial charge on any atom is -0.354 e. The van der Waals surface area contributed by atoms with Crippen LogP contribution in [0.5, 0.6) is 0 Å². The van der Waals surface area contributed by atoms with E-state index in [2.05, 4.69) is 34.4 Å². The molecule has 126 valence electrons. The van der Waals surface area contributed by atoms with E-state index in [4.69, 9.17) is 5.73 Å². The second-order valence-electron chi connectivity index (χ2n) is 4.76. The summed E-state index contributed by atoms with van der Waals surface area (Å²) >= 11 is 0. The first kappa shape index (κ1) is 20.7. The van der Waals surface area contributed by atoms with Crippen LogP contribution in [0.3, 0.4) is 0 Å². The van der Waals surface area contributed by atoms with Crippen molar-refractivity contribution in [3.05, 3.63) is 36.7 Å². The van der Waals surface area contributed by atoms with E-state index < -0.39 is 0 Å². The number of nitrogens with zero attached hydrogens (tertiary/aromatic N) is 4. The summed E-state index contributed by atoms with van der Waals surface area (Å²) in [6, 6.07) is 4.29. The van der Waals surface area contributed by atoms with E-state index in [0.717, 1.165) is 36.7 Å². The van der Waals surface area contributed by atoms with E-state index in [1.165, 1.54) is 0 Å². The van der Waals surface area contributed by atoms with Crippen molar-refractivity contribution in [3.8, 4) is 12.8 Å². The molecule has 0 unspecified atom stereocenters. The molecule has 23 heavy (non-hydrogen) atoms. The van der Waals surface area contributed by atoms with Crippen LogP contribution >= 0.6 is 0 Å². The van der Waals surface area contributed by atoms with Gasteiger partial charge in [-0.1, -0.05) is 19.9 Å². The molecule has 1 aliphatic rings. The lowest BCUT2D eigenvalue weighted by Gasteiger charge is -2.16. The smallest absolute Gasteiger partial charge is 0.153 e. The summed E-state index contributed by atoms with van der Waals surface area (Å²) in [4.78, 5) is 6.48. The molecule has 0 radical (unpaired) electrons. The van der Waals surface area contributed by atoms with Crippen LogP contribution in [0.25, 0.3) is 5.65 Å². The van der Waals surface area contributed by atoms with Crippen molar-refractivity contribution < 1.29 is 0 Å². The van der Waals surface area contributed by atoms with Crippen molar-refractivity contribution in [1.29, 1.82) is 0 Å². The molecule has 0 aliphatic carbocycles. The highest BCUT2D eigenvalue weighted by Gasteiger charge is 2.20. The van der Waals surface area contributed by atoms with E-state index in [1.807, 2.05) is 50.5 Å². The highest BCUT2D eigenvalue weighted by molar-refractivity contribution is 5.47. The average molecular weight is 315 g/mol. The van der Waals surface area contributed by atoms with Crippen molar-refractivity contribution in [3.63, 3.8) is 0 Å². The fourth-order valence-electron chi connectivity index (χ4n) is 2.14. The minimum absolute atomic E-state index is 0.279. The molecule has 2 aromatic heterocycles. The molecule has 0 spiro atoms. The molecule has 1 fully saturated rings. The molecule has 0 aromatic carbocycles. The molecule has 5 heteroatoms. The number of terminal acetylenes is 1. The minimum atomic E-state index is 0.279. The van der Waals surface area contributed by atoms with Crippen LogP contribution in [-0.4, -0.2) is 33.7 Å². The van der Waals surface area contributed by atoms with Crippen LogP contribution < -0.4 is 10.6 Å². The summed E-state index contributed by atoms with van der Waals surface area (Å²) in [5.41, 5.74) is 7.85. The van der Waals surface area contributed by atoms with Gasteiger partial charge in [-0.2, -0.15) is 0 Å². The van der Waals surface area contributed by atoms with E-state index in [0.29, 0.717) is 0 Å². The quantitative estimate of drug-likeness (QED) is 0.649. The molecule has 2 aromatic rings. The summed E-state index contributed by atoms with van der Waals surface area (Å²) in [5, 5.41) is 4.58. The fraction of sp³-hybridized carbons (Fsp3) is 0.444. The molecular weight excluding hydrogens is 286 g/mol. The highest BCUT2D eigenvalue weighted by atomic mass is 15.3. The van der Waals surface area contributed by atoms with Crippen LogP contribution in [-0.2, 0) is 0 Å². The first-order valence-electron chi connectivity index (χ1n) is 7.88. The van der Waals surface area contributed by atoms with Gasteiger partial charge in [-0.05, 0) is 32.4 Å². The van der Waals surface area contributed by atoms with Crippen LogP contribution in [0.1, 0.15) is 32.9 Å². The number of anilines is 1. The third-order valence-electron chi connectivity index (χ3n) is 3.07. The normalized spacial score (nSPS) is 15.4. The van der Waals surface area contributed by atoms with E-state index >= 15 is 0 Å². The zero-order valence-corrected chi connectivity index (χ0v) is 14.7. The Morgan fingerprint density at radius 3 is 2.48 bits per heavy atom. The lowest BCUT2D eigenvalue weighted by molar-refractivity contribution is 0.749. The Labute approximate surface area is 140 Å². The lowest BCUT2D eigenvalue weighted by Crippen LogP contribution is -2.27. The highest BCUT2D eigenvalue weighted by Crippen LogP contribution is 2.17. The maximum absolute atomic E-state index is 5.90. The summed E-state index contributed by atoms with van der Waals surface area (Å²) < 4.78 is 1.87. The third kappa shape index (κ3) is 5.76. The standard InChI is InChI=1S/C11H15N5.C3H6.C2H6.C2H2/c1-8-6-13-10-2-3-11(14-16(8)10)15-5-4-9(12)7-15;1-3-2;2*1-2/h2-3,6,9H,4-5,7,12H2,1H3;3H,1H2,2H3;1-2H3;1-2H/t9-;;;/m0.../s1. The fourth-order valence-corrected chi connectivity index (χ4v) is 2.14. The van der Waals surface area contributed by atoms with Gasteiger partial charge in [0.15, 0.2) is 5.65 Å². The van der Waals surface area contributed by atoms with Gasteiger partial charge in [0.25, 0.3) is 0 Å². The van der Waals surface area contributed by atoms with Gasteiger partial charge in [0.1, 0.15) is 5.82 Å². The predicted molar refractivity (Wildman–Crippen MR) is 99.6 cm³/mol. The van der Waals surface area contributed by atoms with Crippen molar-refractivity contribution >= 4 is 11.5 Å². The van der Waals surface area contributed by atoms with Crippen LogP contribution in [0.4, 0.5) is 5.82 Å². The summed E-state index contributed by atoms with van der Waals surface area (Å²) in [6.07, 6.45) is 12.6. The van der Waals surface area contributed by atoms with Crippen LogP contribution in [0, 0.1) is 19.8 Å². The van der Waals surface area contributed by atoms with Crippen molar-refractivity contribution in [2.45, 2.75) is 40.2 Å². The molecule has 3 rings (SSSR count). The SMILES string of the molecule is C#C.C=CC.CC.Cc1cnc2ccc(N3CC[C@H](N)C3)nn12. The van der Waals surface area contributed by atoms with Gasteiger partial charge in [-0.3, -0.25) is 0 Å². The molecule has 1 saturated heterocycles. The zero-order valence-electron chi connectivity index (χ0n) is 14.7. The van der Waals surface area contributed by atoms with Gasteiger partial charge in [0.2, 0.25) is 0 Å². The number of aryl methyl sites for hydroxylation is 1. The number of fused-ring (bicyclic) bond motifs is 1. The second-order valence-corrected chi connectivity index (χ2v) is 4.76. The van der Waals surface area contributed by atoms with Gasteiger partial charge in [0.05, 0.1) is 11.9 Å². The maximum atomic E-state index is 5.90. The predicted octanol–water partition coefficient (Wildman–Crippen LogP) is 3.04. The number of aromatic nitrogens is 3. The molecule has 1 atom stereocenters. The average Bonchev–Trinajstić information content (AvgIpc) is 3.18. The Balaban J connectivity index is 0.000000609. The van der Waals surface area contributed by atoms with Crippen LogP contribution in [0.2, 0.25) is 0 Å². The number of nitrogens with two attached hydrogens (primary N) is 1. The van der Waals surface area contributed by atoms with Gasteiger partial charge in [-0.25, -0.2) is 9.50 Å². The number of imidazole rings is 1. The topological polar surface area (TPSA) is 59.5 Å². The Bertz CT molecular complexity index is 600. The van der Waals surface area contributed by atoms with Crippen molar-refractivity contribution in [2.24, 2.45) is 5.73 Å². The molecule has 0 bridgehead atoms. The van der Waals surface area contributed by atoms with Gasteiger partial charge in [-0.15, -0.1) is 24.5 Å². The number of rotatable bonds is 1. The van der Waals surface area contributed by atoms with Gasteiger partial charge in [0, 0.05) is 19.1 Å². The third-order valence-corrected chi connectivity index (χ3v) is 3.07. The monoisotopic (exact) mass is 315 g/mol. The summed E-state index contributed by atoms with van der Waals surface area (Å²) in [5.74, 6) is 0.988.